The van der Waals surface area contributed by atoms with Crippen molar-refractivity contribution in [2.45, 2.75) is 6.92 Å². The molecule has 0 aliphatic carbocycles. The van der Waals surface area contributed by atoms with Crippen LogP contribution >= 0.6 is 11.3 Å². The average molecular weight is 249 g/mol. The van der Waals surface area contributed by atoms with Crippen molar-refractivity contribution in [1.29, 1.82) is 0 Å². The van der Waals surface area contributed by atoms with Crippen LogP contribution in [-0.4, -0.2) is 7.05 Å². The molecule has 1 nitrogen and oxygen atoms in total. The minimum absolute atomic E-state index is 0.0656. The molecular weight excluding hydrogens is 242 g/mol. The zero-order valence-corrected chi connectivity index (χ0v) is 9.24. The van der Waals surface area contributed by atoms with Gasteiger partial charge < -0.3 is 5.32 Å². The summed E-state index contributed by atoms with van der Waals surface area (Å²) in [5.41, 5.74) is -0.143. The van der Waals surface area contributed by atoms with Crippen molar-refractivity contribution >= 4 is 27.1 Å². The standard InChI is InChI=1S/C10H7F4NS/c1-3-5(11)4-6(12)10(14)16-9(4)7(13)8(3)15-2/h15H,1-2H3. The lowest BCUT2D eigenvalue weighted by Gasteiger charge is -2.08. The van der Waals surface area contributed by atoms with E-state index in [9.17, 15) is 17.6 Å². The van der Waals surface area contributed by atoms with Crippen molar-refractivity contribution in [3.8, 4) is 0 Å². The van der Waals surface area contributed by atoms with Gasteiger partial charge in [-0.3, -0.25) is 0 Å². The topological polar surface area (TPSA) is 12.0 Å². The molecule has 0 saturated heterocycles. The number of hydrogen-bond acceptors (Lipinski definition) is 2. The summed E-state index contributed by atoms with van der Waals surface area (Å²) < 4.78 is 53.3. The van der Waals surface area contributed by atoms with Crippen LogP contribution in [0.1, 0.15) is 5.56 Å². The fraction of sp³-hybridized carbons (Fsp3) is 0.200. The molecule has 1 aromatic carbocycles. The molecule has 0 aliphatic rings. The van der Waals surface area contributed by atoms with Gasteiger partial charge in [-0.05, 0) is 6.92 Å². The second kappa shape index (κ2) is 3.62. The minimum atomic E-state index is -1.33. The first-order valence-corrected chi connectivity index (χ1v) is 5.23. The van der Waals surface area contributed by atoms with Crippen LogP contribution in [0, 0.1) is 29.5 Å². The fourth-order valence-electron chi connectivity index (χ4n) is 1.61. The lowest BCUT2D eigenvalue weighted by molar-refractivity contribution is 0.531. The van der Waals surface area contributed by atoms with E-state index in [4.69, 9.17) is 0 Å². The molecule has 16 heavy (non-hydrogen) atoms. The van der Waals surface area contributed by atoms with Gasteiger partial charge >= 0.3 is 0 Å². The van der Waals surface area contributed by atoms with E-state index in [1.54, 1.807) is 0 Å². The third-order valence-corrected chi connectivity index (χ3v) is 3.35. The second-order valence-electron chi connectivity index (χ2n) is 3.27. The molecule has 0 unspecified atom stereocenters. The molecule has 0 radical (unpaired) electrons. The third kappa shape index (κ3) is 1.29. The SMILES string of the molecule is CNc1c(C)c(F)c2c(F)c(F)sc2c1F. The highest BCUT2D eigenvalue weighted by Crippen LogP contribution is 2.38. The predicted octanol–water partition coefficient (Wildman–Crippen LogP) is 3.81. The van der Waals surface area contributed by atoms with Crippen molar-refractivity contribution in [2.24, 2.45) is 0 Å². The fourth-order valence-corrected chi connectivity index (χ4v) is 2.45. The van der Waals surface area contributed by atoms with Crippen LogP contribution < -0.4 is 5.32 Å². The summed E-state index contributed by atoms with van der Waals surface area (Å²) in [6.45, 7) is 1.30. The molecule has 0 atom stereocenters. The molecule has 0 fully saturated rings. The normalized spacial score (nSPS) is 11.1. The maximum atomic E-state index is 13.8. The van der Waals surface area contributed by atoms with Crippen molar-refractivity contribution in [3.05, 3.63) is 28.1 Å². The molecule has 0 spiro atoms. The summed E-state index contributed by atoms with van der Waals surface area (Å²) in [5, 5.41) is 0.650. The Morgan fingerprint density at radius 2 is 1.62 bits per heavy atom. The monoisotopic (exact) mass is 249 g/mol. The molecule has 6 heteroatoms. The largest absolute Gasteiger partial charge is 0.385 e. The first-order chi connectivity index (χ1) is 7.49. The van der Waals surface area contributed by atoms with E-state index in [0.717, 1.165) is 0 Å². The van der Waals surface area contributed by atoms with Crippen LogP contribution in [0.5, 0.6) is 0 Å². The summed E-state index contributed by atoms with van der Waals surface area (Å²) in [6.07, 6.45) is 0. The Balaban J connectivity index is 3.01. The van der Waals surface area contributed by atoms with Gasteiger partial charge in [0.2, 0.25) is 5.13 Å². The Kier molecular flexibility index (Phi) is 2.53. The van der Waals surface area contributed by atoms with Gasteiger partial charge in [-0.2, -0.15) is 4.39 Å². The average Bonchev–Trinajstić information content (AvgIpc) is 2.54. The van der Waals surface area contributed by atoms with Gasteiger partial charge in [0.1, 0.15) is 5.82 Å². The summed E-state index contributed by atoms with van der Waals surface area (Å²) in [4.78, 5) is 0. The lowest BCUT2D eigenvalue weighted by Crippen LogP contribution is -1.99. The predicted molar refractivity (Wildman–Crippen MR) is 55.9 cm³/mol. The Hall–Kier alpha value is -1.30. The van der Waals surface area contributed by atoms with Crippen LogP contribution in [0.3, 0.4) is 0 Å². The minimum Gasteiger partial charge on any atom is -0.385 e. The highest BCUT2D eigenvalue weighted by molar-refractivity contribution is 7.17. The molecule has 1 aromatic heterocycles. The first-order valence-electron chi connectivity index (χ1n) is 4.41. The quantitative estimate of drug-likeness (QED) is 0.758. The van der Waals surface area contributed by atoms with E-state index >= 15 is 0 Å². The Morgan fingerprint density at radius 1 is 1.00 bits per heavy atom. The highest BCUT2D eigenvalue weighted by atomic mass is 32.1. The molecule has 1 heterocycles. The molecule has 0 amide bonds. The number of halogens is 4. The number of nitrogens with one attached hydrogen (secondary N) is 1. The van der Waals surface area contributed by atoms with Gasteiger partial charge in [-0.25, -0.2) is 13.2 Å². The van der Waals surface area contributed by atoms with Gasteiger partial charge in [-0.15, -0.1) is 0 Å². The van der Waals surface area contributed by atoms with Crippen molar-refractivity contribution < 1.29 is 17.6 Å². The Morgan fingerprint density at radius 3 is 2.19 bits per heavy atom. The van der Waals surface area contributed by atoms with Crippen LogP contribution in [0.15, 0.2) is 0 Å². The molecule has 1 N–H and O–H groups in total. The number of rotatable bonds is 1. The zero-order valence-electron chi connectivity index (χ0n) is 8.42. The van der Waals surface area contributed by atoms with E-state index in [2.05, 4.69) is 5.32 Å². The Bertz CT molecular complexity index is 576. The summed E-state index contributed by atoms with van der Waals surface area (Å²) >= 11 is 0.261. The van der Waals surface area contributed by atoms with Crippen molar-refractivity contribution in [3.63, 3.8) is 0 Å². The zero-order chi connectivity index (χ0) is 12.0. The molecule has 0 aliphatic heterocycles. The molecule has 0 saturated carbocycles. The van der Waals surface area contributed by atoms with E-state index in [1.165, 1.54) is 14.0 Å². The Labute approximate surface area is 92.7 Å². The van der Waals surface area contributed by atoms with Gasteiger partial charge in [0.15, 0.2) is 11.6 Å². The molecule has 86 valence electrons. The first kappa shape index (κ1) is 11.2. The van der Waals surface area contributed by atoms with Gasteiger partial charge in [-0.1, -0.05) is 11.3 Å². The summed E-state index contributed by atoms with van der Waals surface area (Å²) in [7, 11) is 1.41. The van der Waals surface area contributed by atoms with Crippen LogP contribution in [0.2, 0.25) is 0 Å². The smallest absolute Gasteiger partial charge is 0.213 e. The van der Waals surface area contributed by atoms with Crippen molar-refractivity contribution in [1.82, 2.24) is 0 Å². The number of thiophene rings is 1. The maximum absolute atomic E-state index is 13.8. The van der Waals surface area contributed by atoms with Crippen LogP contribution in [0.4, 0.5) is 23.2 Å². The molecule has 2 aromatic rings. The maximum Gasteiger partial charge on any atom is 0.213 e. The van der Waals surface area contributed by atoms with Gasteiger partial charge in [0.05, 0.1) is 15.8 Å². The molecule has 2 rings (SSSR count). The third-order valence-electron chi connectivity index (χ3n) is 2.40. The number of fused-ring (bicyclic) bond motifs is 1. The summed E-state index contributed by atoms with van der Waals surface area (Å²) in [5.74, 6) is -3.09. The molecule has 0 bridgehead atoms. The highest BCUT2D eigenvalue weighted by Gasteiger charge is 2.24. The van der Waals surface area contributed by atoms with Gasteiger partial charge in [0, 0.05) is 12.6 Å². The second-order valence-corrected chi connectivity index (χ2v) is 4.24. The van der Waals surface area contributed by atoms with E-state index in [1.807, 2.05) is 0 Å². The van der Waals surface area contributed by atoms with Gasteiger partial charge in [0.25, 0.3) is 0 Å². The van der Waals surface area contributed by atoms with E-state index in [0.29, 0.717) is 0 Å². The number of anilines is 1. The number of benzene rings is 1. The number of hydrogen-bond donors (Lipinski definition) is 1. The van der Waals surface area contributed by atoms with Crippen LogP contribution in [-0.2, 0) is 0 Å². The molecular formula is C10H7F4NS. The summed E-state index contributed by atoms with van der Waals surface area (Å²) in [6, 6.07) is 0. The van der Waals surface area contributed by atoms with Crippen LogP contribution in [0.25, 0.3) is 10.1 Å². The van der Waals surface area contributed by atoms with E-state index < -0.39 is 28.0 Å². The van der Waals surface area contributed by atoms with E-state index in [-0.39, 0.29) is 27.3 Å². The lowest BCUT2D eigenvalue weighted by atomic mass is 10.1. The van der Waals surface area contributed by atoms with Crippen molar-refractivity contribution in [2.75, 3.05) is 12.4 Å².